The van der Waals surface area contributed by atoms with Crippen molar-refractivity contribution in [2.75, 3.05) is 44.7 Å². The van der Waals surface area contributed by atoms with Crippen molar-refractivity contribution in [3.05, 3.63) is 0 Å². The molecule has 0 radical (unpaired) electrons. The highest BCUT2D eigenvalue weighted by atomic mass is 127. The Kier molecular flexibility index (Phi) is 13.8. The molecule has 0 atom stereocenters. The van der Waals surface area contributed by atoms with Gasteiger partial charge in [-0.1, -0.05) is 6.42 Å². The summed E-state index contributed by atoms with van der Waals surface area (Å²) < 4.78 is 0. The minimum absolute atomic E-state index is 0. The van der Waals surface area contributed by atoms with Gasteiger partial charge < -0.3 is 10.6 Å². The van der Waals surface area contributed by atoms with E-state index in [1.54, 1.807) is 0 Å². The zero-order valence-electron chi connectivity index (χ0n) is 15.5. The third kappa shape index (κ3) is 10.0. The van der Waals surface area contributed by atoms with E-state index in [1.807, 2.05) is 11.8 Å². The molecule has 2 N–H and O–H groups in total. The summed E-state index contributed by atoms with van der Waals surface area (Å²) in [5.74, 6) is 2.22. The van der Waals surface area contributed by atoms with Crippen LogP contribution in [0.25, 0.3) is 0 Å². The number of likely N-dealkylation sites (tertiary alicyclic amines) is 1. The molecule has 0 aromatic rings. The fourth-order valence-corrected chi connectivity index (χ4v) is 3.28. The molecule has 6 heteroatoms. The third-order valence-corrected chi connectivity index (χ3v) is 4.95. The number of piperidine rings is 1. The summed E-state index contributed by atoms with van der Waals surface area (Å²) >= 11 is 1.92. The summed E-state index contributed by atoms with van der Waals surface area (Å²) in [5.41, 5.74) is 0.154. The van der Waals surface area contributed by atoms with Gasteiger partial charge >= 0.3 is 0 Å². The fraction of sp³-hybridized carbons (Fsp3) is 0.941. The van der Waals surface area contributed by atoms with Crippen molar-refractivity contribution in [1.29, 1.82) is 0 Å². The Morgan fingerprint density at radius 1 is 1.13 bits per heavy atom. The van der Waals surface area contributed by atoms with Crippen LogP contribution >= 0.6 is 35.7 Å². The molecule has 1 rings (SSSR count). The SMILES string of the molecule is CCNC(=NCC(C)(C)N1CCCCC1)NCCCCSC.I. The van der Waals surface area contributed by atoms with Crippen LogP contribution in [0.2, 0.25) is 0 Å². The lowest BCUT2D eigenvalue weighted by Crippen LogP contribution is -2.49. The van der Waals surface area contributed by atoms with Crippen molar-refractivity contribution in [2.45, 2.75) is 58.4 Å². The van der Waals surface area contributed by atoms with E-state index >= 15 is 0 Å². The van der Waals surface area contributed by atoms with Crippen LogP contribution in [0.5, 0.6) is 0 Å². The van der Waals surface area contributed by atoms with Gasteiger partial charge in [-0.05, 0) is 71.6 Å². The zero-order valence-corrected chi connectivity index (χ0v) is 18.6. The number of halogens is 1. The number of nitrogens with zero attached hydrogens (tertiary/aromatic N) is 2. The molecule has 0 amide bonds. The maximum absolute atomic E-state index is 4.83. The van der Waals surface area contributed by atoms with Gasteiger partial charge in [0, 0.05) is 18.6 Å². The molecule has 0 bridgehead atoms. The van der Waals surface area contributed by atoms with Crippen LogP contribution in [0.4, 0.5) is 0 Å². The second kappa shape index (κ2) is 13.6. The molecule has 0 aromatic heterocycles. The molecule has 0 aliphatic carbocycles. The smallest absolute Gasteiger partial charge is 0.191 e. The Balaban J connectivity index is 0.00000484. The van der Waals surface area contributed by atoms with Crippen LogP contribution in [0, 0.1) is 0 Å². The molecule has 1 heterocycles. The van der Waals surface area contributed by atoms with Crippen LogP contribution in [0.3, 0.4) is 0 Å². The van der Waals surface area contributed by atoms with Gasteiger partial charge in [-0.2, -0.15) is 11.8 Å². The molecule has 0 aromatic carbocycles. The lowest BCUT2D eigenvalue weighted by molar-refractivity contribution is 0.102. The highest BCUT2D eigenvalue weighted by molar-refractivity contribution is 14.0. The molecule has 23 heavy (non-hydrogen) atoms. The van der Waals surface area contributed by atoms with Gasteiger partial charge in [-0.15, -0.1) is 24.0 Å². The van der Waals surface area contributed by atoms with Crippen LogP contribution in [-0.2, 0) is 0 Å². The normalized spacial score (nSPS) is 16.8. The number of nitrogens with one attached hydrogen (secondary N) is 2. The van der Waals surface area contributed by atoms with Crippen LogP contribution in [0.15, 0.2) is 4.99 Å². The molecule has 0 spiro atoms. The Hall–Kier alpha value is 0.310. The topological polar surface area (TPSA) is 39.7 Å². The quantitative estimate of drug-likeness (QED) is 0.241. The number of aliphatic imine (C=N–C) groups is 1. The second-order valence-corrected chi connectivity index (χ2v) is 7.67. The van der Waals surface area contributed by atoms with Crippen molar-refractivity contribution in [1.82, 2.24) is 15.5 Å². The van der Waals surface area contributed by atoms with E-state index in [0.29, 0.717) is 0 Å². The minimum atomic E-state index is 0. The number of unbranched alkanes of at least 4 members (excludes halogenated alkanes) is 1. The lowest BCUT2D eigenvalue weighted by atomic mass is 9.99. The number of thioether (sulfide) groups is 1. The lowest BCUT2D eigenvalue weighted by Gasteiger charge is -2.40. The minimum Gasteiger partial charge on any atom is -0.357 e. The molecule has 1 fully saturated rings. The first-order valence-corrected chi connectivity index (χ1v) is 10.3. The highest BCUT2D eigenvalue weighted by Gasteiger charge is 2.27. The van der Waals surface area contributed by atoms with Gasteiger partial charge in [-0.25, -0.2) is 0 Å². The van der Waals surface area contributed by atoms with E-state index in [1.165, 1.54) is 50.9 Å². The van der Waals surface area contributed by atoms with Gasteiger partial charge in [-0.3, -0.25) is 9.89 Å². The Bertz CT molecular complexity index is 318. The molecule has 1 aliphatic rings. The Labute approximate surface area is 165 Å². The monoisotopic (exact) mass is 456 g/mol. The van der Waals surface area contributed by atoms with Crippen LogP contribution < -0.4 is 10.6 Å². The van der Waals surface area contributed by atoms with E-state index in [2.05, 4.69) is 42.6 Å². The highest BCUT2D eigenvalue weighted by Crippen LogP contribution is 2.20. The largest absolute Gasteiger partial charge is 0.357 e. The van der Waals surface area contributed by atoms with Gasteiger partial charge in [0.2, 0.25) is 0 Å². The van der Waals surface area contributed by atoms with E-state index in [0.717, 1.165) is 25.6 Å². The number of hydrogen-bond donors (Lipinski definition) is 2. The summed E-state index contributed by atoms with van der Waals surface area (Å²) in [5, 5.41) is 6.83. The molecule has 4 nitrogen and oxygen atoms in total. The first kappa shape index (κ1) is 23.3. The summed E-state index contributed by atoms with van der Waals surface area (Å²) in [6, 6.07) is 0. The molecular weight excluding hydrogens is 419 g/mol. The molecular formula is C17H37IN4S. The predicted molar refractivity (Wildman–Crippen MR) is 117 cm³/mol. The first-order valence-electron chi connectivity index (χ1n) is 8.86. The molecule has 138 valence electrons. The van der Waals surface area contributed by atoms with Crippen molar-refractivity contribution >= 4 is 41.7 Å². The van der Waals surface area contributed by atoms with Gasteiger partial charge in [0.1, 0.15) is 0 Å². The molecule has 0 unspecified atom stereocenters. The summed E-state index contributed by atoms with van der Waals surface area (Å²) in [7, 11) is 0. The summed E-state index contributed by atoms with van der Waals surface area (Å²) in [6.45, 7) is 12.0. The van der Waals surface area contributed by atoms with Crippen molar-refractivity contribution in [2.24, 2.45) is 4.99 Å². The predicted octanol–water partition coefficient (Wildman–Crippen LogP) is 3.57. The molecule has 1 aliphatic heterocycles. The zero-order chi connectivity index (χ0) is 16.3. The Morgan fingerprint density at radius 2 is 1.83 bits per heavy atom. The van der Waals surface area contributed by atoms with Crippen molar-refractivity contribution in [3.63, 3.8) is 0 Å². The number of hydrogen-bond acceptors (Lipinski definition) is 3. The van der Waals surface area contributed by atoms with Gasteiger partial charge in [0.15, 0.2) is 5.96 Å². The van der Waals surface area contributed by atoms with Gasteiger partial charge in [0.05, 0.1) is 6.54 Å². The summed E-state index contributed by atoms with van der Waals surface area (Å²) in [6.07, 6.45) is 8.70. The van der Waals surface area contributed by atoms with E-state index in [4.69, 9.17) is 4.99 Å². The van der Waals surface area contributed by atoms with Crippen LogP contribution in [0.1, 0.15) is 52.9 Å². The van der Waals surface area contributed by atoms with E-state index in [9.17, 15) is 0 Å². The first-order chi connectivity index (χ1) is 10.6. The molecule has 1 saturated heterocycles. The number of rotatable bonds is 9. The number of guanidine groups is 1. The standard InChI is InChI=1S/C17H36N4S.HI/c1-5-18-16(19-11-7-10-14-22-4)20-15-17(2,3)21-12-8-6-9-13-21;/h5-15H2,1-4H3,(H2,18,19,20);1H. The van der Waals surface area contributed by atoms with Gasteiger partial charge in [0.25, 0.3) is 0 Å². The van der Waals surface area contributed by atoms with Crippen LogP contribution in [-0.4, -0.2) is 61.1 Å². The average Bonchev–Trinajstić information content (AvgIpc) is 2.53. The maximum Gasteiger partial charge on any atom is 0.191 e. The van der Waals surface area contributed by atoms with E-state index < -0.39 is 0 Å². The maximum atomic E-state index is 4.83. The Morgan fingerprint density at radius 3 is 2.43 bits per heavy atom. The summed E-state index contributed by atoms with van der Waals surface area (Å²) in [4.78, 5) is 7.42. The van der Waals surface area contributed by atoms with E-state index in [-0.39, 0.29) is 29.5 Å². The second-order valence-electron chi connectivity index (χ2n) is 6.68. The third-order valence-electron chi connectivity index (χ3n) is 4.25. The average molecular weight is 456 g/mol. The fourth-order valence-electron chi connectivity index (χ4n) is 2.79. The van der Waals surface area contributed by atoms with Crippen molar-refractivity contribution in [3.8, 4) is 0 Å². The molecule has 0 saturated carbocycles. The van der Waals surface area contributed by atoms with Crippen molar-refractivity contribution < 1.29 is 0 Å².